The summed E-state index contributed by atoms with van der Waals surface area (Å²) < 4.78 is 31.1. The molecule has 0 heterocycles. The molecule has 0 aromatic heterocycles. The molecule has 0 radical (unpaired) electrons. The molecule has 0 aliphatic heterocycles. The van der Waals surface area contributed by atoms with Crippen molar-refractivity contribution in [3.05, 3.63) is 59.9 Å². The van der Waals surface area contributed by atoms with E-state index in [0.29, 0.717) is 25.3 Å². The molecule has 2 rings (SSSR count). The van der Waals surface area contributed by atoms with Gasteiger partial charge in [0.2, 0.25) is 0 Å². The number of para-hydroxylation sites is 1. The molecule has 0 saturated heterocycles. The molecule has 21 heavy (non-hydrogen) atoms. The summed E-state index contributed by atoms with van der Waals surface area (Å²) in [7, 11) is -1.34. The van der Waals surface area contributed by atoms with E-state index in [4.69, 9.17) is 10.5 Å². The minimum absolute atomic E-state index is 0.250. The molecule has 1 unspecified atom stereocenters. The average Bonchev–Trinajstić information content (AvgIpc) is 2.52. The Morgan fingerprint density at radius 1 is 1.10 bits per heavy atom. The van der Waals surface area contributed by atoms with Crippen molar-refractivity contribution in [1.82, 2.24) is 0 Å². The molecular formula is C16H18FNO2S. The van der Waals surface area contributed by atoms with Crippen LogP contribution >= 0.6 is 0 Å². The van der Waals surface area contributed by atoms with Crippen molar-refractivity contribution >= 4 is 10.8 Å². The first kappa shape index (κ1) is 15.7. The zero-order valence-corrected chi connectivity index (χ0v) is 12.4. The lowest BCUT2D eigenvalue weighted by Gasteiger charge is -2.10. The molecule has 5 heteroatoms. The summed E-state index contributed by atoms with van der Waals surface area (Å²) in [4.78, 5) is 0.250. The van der Waals surface area contributed by atoms with Gasteiger partial charge in [-0.2, -0.15) is 0 Å². The molecule has 2 N–H and O–H groups in total. The lowest BCUT2D eigenvalue weighted by molar-refractivity contribution is 0.315. The Morgan fingerprint density at radius 3 is 2.57 bits per heavy atom. The zero-order valence-electron chi connectivity index (χ0n) is 11.6. The van der Waals surface area contributed by atoms with Crippen LogP contribution in [0.3, 0.4) is 0 Å². The minimum Gasteiger partial charge on any atom is -0.493 e. The van der Waals surface area contributed by atoms with Crippen LogP contribution in [0.5, 0.6) is 5.75 Å². The Balaban J connectivity index is 1.82. The van der Waals surface area contributed by atoms with Gasteiger partial charge in [0.25, 0.3) is 0 Å². The van der Waals surface area contributed by atoms with Crippen LogP contribution in [-0.4, -0.2) is 16.6 Å². The predicted octanol–water partition coefficient (Wildman–Crippen LogP) is 2.86. The molecule has 0 amide bonds. The van der Waals surface area contributed by atoms with E-state index in [-0.39, 0.29) is 4.90 Å². The number of halogens is 1. The van der Waals surface area contributed by atoms with E-state index in [1.807, 2.05) is 24.3 Å². The third-order valence-corrected chi connectivity index (χ3v) is 4.49. The van der Waals surface area contributed by atoms with Crippen molar-refractivity contribution in [2.75, 3.05) is 12.4 Å². The van der Waals surface area contributed by atoms with Crippen molar-refractivity contribution < 1.29 is 13.3 Å². The molecule has 0 spiro atoms. The molecule has 0 bridgehead atoms. The Kier molecular flexibility index (Phi) is 5.90. The van der Waals surface area contributed by atoms with E-state index >= 15 is 0 Å². The van der Waals surface area contributed by atoms with Gasteiger partial charge in [0.05, 0.1) is 22.3 Å². The number of benzene rings is 2. The Labute approximate surface area is 126 Å². The van der Waals surface area contributed by atoms with Crippen molar-refractivity contribution in [3.63, 3.8) is 0 Å². The van der Waals surface area contributed by atoms with E-state index in [0.717, 1.165) is 11.3 Å². The van der Waals surface area contributed by atoms with Crippen molar-refractivity contribution in [1.29, 1.82) is 0 Å². The van der Waals surface area contributed by atoms with Crippen LogP contribution in [0.4, 0.5) is 4.39 Å². The molecule has 112 valence electrons. The Morgan fingerprint density at radius 2 is 1.81 bits per heavy atom. The molecule has 3 nitrogen and oxygen atoms in total. The maximum absolute atomic E-state index is 13.5. The number of nitrogens with two attached hydrogens (primary N) is 1. The summed E-state index contributed by atoms with van der Waals surface area (Å²) in [5, 5.41) is 0. The lowest BCUT2D eigenvalue weighted by Crippen LogP contribution is -2.08. The van der Waals surface area contributed by atoms with Gasteiger partial charge in [-0.3, -0.25) is 4.21 Å². The molecule has 0 aliphatic rings. The van der Waals surface area contributed by atoms with E-state index < -0.39 is 16.6 Å². The van der Waals surface area contributed by atoms with Gasteiger partial charge in [0, 0.05) is 17.9 Å². The van der Waals surface area contributed by atoms with E-state index in [9.17, 15) is 8.60 Å². The topological polar surface area (TPSA) is 52.3 Å². The Bertz CT molecular complexity index is 619. The lowest BCUT2D eigenvalue weighted by atomic mass is 10.2. The SMILES string of the molecule is NCc1ccccc1OCCCS(=O)c1ccccc1F. The van der Waals surface area contributed by atoms with Gasteiger partial charge in [-0.05, 0) is 24.6 Å². The van der Waals surface area contributed by atoms with E-state index in [2.05, 4.69) is 0 Å². The van der Waals surface area contributed by atoms with Crippen LogP contribution < -0.4 is 10.5 Å². The molecular weight excluding hydrogens is 289 g/mol. The number of rotatable bonds is 7. The molecule has 0 saturated carbocycles. The second-order valence-corrected chi connectivity index (χ2v) is 6.03. The number of hydrogen-bond donors (Lipinski definition) is 1. The minimum atomic E-state index is -1.34. The van der Waals surface area contributed by atoms with Crippen molar-refractivity contribution in [2.45, 2.75) is 17.9 Å². The first-order chi connectivity index (χ1) is 10.2. The highest BCUT2D eigenvalue weighted by Gasteiger charge is 2.09. The van der Waals surface area contributed by atoms with Crippen LogP contribution in [0.25, 0.3) is 0 Å². The second kappa shape index (κ2) is 7.90. The third-order valence-electron chi connectivity index (χ3n) is 3.01. The number of ether oxygens (including phenoxy) is 1. The van der Waals surface area contributed by atoms with Crippen LogP contribution in [-0.2, 0) is 17.3 Å². The highest BCUT2D eigenvalue weighted by atomic mass is 32.2. The first-order valence-corrected chi connectivity index (χ1v) is 8.08. The molecule has 2 aromatic carbocycles. The van der Waals surface area contributed by atoms with Gasteiger partial charge >= 0.3 is 0 Å². The highest BCUT2D eigenvalue weighted by molar-refractivity contribution is 7.85. The van der Waals surface area contributed by atoms with Gasteiger partial charge in [-0.15, -0.1) is 0 Å². The average molecular weight is 307 g/mol. The standard InChI is InChI=1S/C16H18FNO2S/c17-14-7-2-4-9-16(14)21(19)11-5-10-20-15-8-3-1-6-13(15)12-18/h1-4,6-9H,5,10-12,18H2. The van der Waals surface area contributed by atoms with E-state index in [1.54, 1.807) is 18.2 Å². The molecule has 1 atom stereocenters. The summed E-state index contributed by atoms with van der Waals surface area (Å²) in [5.41, 5.74) is 6.56. The van der Waals surface area contributed by atoms with Crippen LogP contribution in [0.1, 0.15) is 12.0 Å². The second-order valence-electron chi connectivity index (χ2n) is 4.49. The monoisotopic (exact) mass is 307 g/mol. The quantitative estimate of drug-likeness (QED) is 0.800. The van der Waals surface area contributed by atoms with Crippen LogP contribution in [0, 0.1) is 5.82 Å². The fourth-order valence-electron chi connectivity index (χ4n) is 1.92. The highest BCUT2D eigenvalue weighted by Crippen LogP contribution is 2.17. The van der Waals surface area contributed by atoms with Crippen LogP contribution in [0.2, 0.25) is 0 Å². The summed E-state index contributed by atoms with van der Waals surface area (Å²) in [6, 6.07) is 13.7. The van der Waals surface area contributed by atoms with Crippen molar-refractivity contribution in [3.8, 4) is 5.75 Å². The largest absolute Gasteiger partial charge is 0.493 e. The van der Waals surface area contributed by atoms with Crippen LogP contribution in [0.15, 0.2) is 53.4 Å². The first-order valence-electron chi connectivity index (χ1n) is 6.76. The van der Waals surface area contributed by atoms with Gasteiger partial charge < -0.3 is 10.5 Å². The van der Waals surface area contributed by atoms with Crippen molar-refractivity contribution in [2.24, 2.45) is 5.73 Å². The summed E-state index contributed by atoms with van der Waals surface area (Å²) in [6.07, 6.45) is 0.583. The smallest absolute Gasteiger partial charge is 0.139 e. The van der Waals surface area contributed by atoms with Gasteiger partial charge in [-0.1, -0.05) is 30.3 Å². The van der Waals surface area contributed by atoms with E-state index in [1.165, 1.54) is 6.07 Å². The van der Waals surface area contributed by atoms with Gasteiger partial charge in [0.15, 0.2) is 0 Å². The fraction of sp³-hybridized carbons (Fsp3) is 0.250. The molecule has 0 fully saturated rings. The normalized spacial score (nSPS) is 12.1. The summed E-state index contributed by atoms with van der Waals surface area (Å²) in [5.74, 6) is 0.688. The van der Waals surface area contributed by atoms with Gasteiger partial charge in [-0.25, -0.2) is 4.39 Å². The third kappa shape index (κ3) is 4.37. The van der Waals surface area contributed by atoms with Gasteiger partial charge in [0.1, 0.15) is 11.6 Å². The molecule has 2 aromatic rings. The fourth-order valence-corrected chi connectivity index (χ4v) is 3.04. The predicted molar refractivity (Wildman–Crippen MR) is 82.1 cm³/mol. The Hall–Kier alpha value is -1.72. The summed E-state index contributed by atoms with van der Waals surface area (Å²) in [6.45, 7) is 0.842. The zero-order chi connectivity index (χ0) is 15.1. The summed E-state index contributed by atoms with van der Waals surface area (Å²) >= 11 is 0. The maximum atomic E-state index is 13.5. The molecule has 0 aliphatic carbocycles. The number of hydrogen-bond acceptors (Lipinski definition) is 3. The maximum Gasteiger partial charge on any atom is 0.139 e.